The first-order chi connectivity index (χ1) is 14.6. The van der Waals surface area contributed by atoms with E-state index in [2.05, 4.69) is 24.5 Å². The number of hydrogen-bond donors (Lipinski definition) is 3. The molecule has 1 aliphatic rings. The number of hydrogen-bond acceptors (Lipinski definition) is 7. The van der Waals surface area contributed by atoms with E-state index >= 15 is 0 Å². The molecule has 1 heterocycles. The summed E-state index contributed by atoms with van der Waals surface area (Å²) < 4.78 is 5.56. The zero-order valence-corrected chi connectivity index (χ0v) is 17.9. The first-order valence-corrected chi connectivity index (χ1v) is 10.1. The normalized spacial score (nSPS) is 17.2. The van der Waals surface area contributed by atoms with Crippen LogP contribution in [0.3, 0.4) is 0 Å². The van der Waals surface area contributed by atoms with Gasteiger partial charge >= 0.3 is 0 Å². The summed E-state index contributed by atoms with van der Waals surface area (Å²) >= 11 is 0. The Morgan fingerprint density at radius 3 is 2.58 bits per heavy atom. The second kappa shape index (κ2) is 7.30. The third-order valence-electron chi connectivity index (χ3n) is 6.00. The van der Waals surface area contributed by atoms with Crippen molar-refractivity contribution in [1.29, 1.82) is 0 Å². The van der Waals surface area contributed by atoms with Crippen molar-refractivity contribution in [3.8, 4) is 5.75 Å². The van der Waals surface area contributed by atoms with Crippen LogP contribution in [-0.4, -0.2) is 30.0 Å². The zero-order valence-electron chi connectivity index (χ0n) is 17.9. The van der Waals surface area contributed by atoms with Crippen molar-refractivity contribution in [2.75, 3.05) is 24.7 Å². The predicted octanol–water partition coefficient (Wildman–Crippen LogP) is 3.15. The molecule has 1 amide bonds. The van der Waals surface area contributed by atoms with Crippen molar-refractivity contribution in [2.45, 2.75) is 32.7 Å². The Balaban J connectivity index is 1.67. The minimum absolute atomic E-state index is 0.0705. The number of fused-ring (bicyclic) bond motifs is 1. The summed E-state index contributed by atoms with van der Waals surface area (Å²) in [5.41, 5.74) is 0.0167. The molecule has 0 saturated carbocycles. The van der Waals surface area contributed by atoms with Gasteiger partial charge in [-0.3, -0.25) is 14.4 Å². The molecular weight excluding hydrogens is 398 g/mol. The molecule has 8 nitrogen and oxygen atoms in total. The van der Waals surface area contributed by atoms with Crippen molar-refractivity contribution in [1.82, 2.24) is 4.90 Å². The third-order valence-corrected chi connectivity index (χ3v) is 6.00. The second-order valence-electron chi connectivity index (χ2n) is 8.80. The summed E-state index contributed by atoms with van der Waals surface area (Å²) in [7, 11) is 3.16. The minimum Gasteiger partial charge on any atom is -0.505 e. The first kappa shape index (κ1) is 20.7. The number of phenolic OH excluding ortho intramolecular Hbond substituents is 1. The van der Waals surface area contributed by atoms with E-state index in [0.717, 1.165) is 24.2 Å². The van der Waals surface area contributed by atoms with Crippen molar-refractivity contribution >= 4 is 23.0 Å². The first-order valence-electron chi connectivity index (χ1n) is 10.1. The van der Waals surface area contributed by atoms with Crippen LogP contribution >= 0.6 is 0 Å². The lowest BCUT2D eigenvalue weighted by Crippen LogP contribution is -2.41. The van der Waals surface area contributed by atoms with Crippen molar-refractivity contribution in [3.05, 3.63) is 67.9 Å². The summed E-state index contributed by atoms with van der Waals surface area (Å²) in [5, 5.41) is 16.7. The number of anilines is 3. The van der Waals surface area contributed by atoms with Crippen molar-refractivity contribution in [2.24, 2.45) is 5.41 Å². The van der Waals surface area contributed by atoms with Crippen LogP contribution in [0, 0.1) is 5.41 Å². The fourth-order valence-corrected chi connectivity index (χ4v) is 4.07. The van der Waals surface area contributed by atoms with Gasteiger partial charge in [-0.25, -0.2) is 0 Å². The fourth-order valence-electron chi connectivity index (χ4n) is 4.07. The molecule has 3 N–H and O–H groups in total. The number of amides is 1. The number of furan rings is 1. The van der Waals surface area contributed by atoms with E-state index < -0.39 is 10.9 Å². The van der Waals surface area contributed by atoms with Crippen LogP contribution in [0.5, 0.6) is 5.75 Å². The molecule has 1 aliphatic carbocycles. The lowest BCUT2D eigenvalue weighted by atomic mass is 9.72. The van der Waals surface area contributed by atoms with Crippen LogP contribution in [0.2, 0.25) is 0 Å². The van der Waals surface area contributed by atoms with Gasteiger partial charge in [0.25, 0.3) is 16.8 Å². The molecule has 31 heavy (non-hydrogen) atoms. The maximum absolute atomic E-state index is 12.4. The van der Waals surface area contributed by atoms with Crippen LogP contribution in [0.15, 0.2) is 44.5 Å². The topological polar surface area (TPSA) is 112 Å². The molecule has 1 aromatic heterocycles. The Hall–Kier alpha value is -3.55. The number of benzene rings is 1. The van der Waals surface area contributed by atoms with Gasteiger partial charge in [-0.1, -0.05) is 19.9 Å². The predicted molar refractivity (Wildman–Crippen MR) is 118 cm³/mol. The number of para-hydroxylation sites is 1. The SMILES string of the molecule is CN(C)C(=O)c1cccc(Nc2c(NC3c4ccoc4CCC3(C)C)c(=O)c2=O)c1O. The van der Waals surface area contributed by atoms with E-state index in [9.17, 15) is 19.5 Å². The van der Waals surface area contributed by atoms with Gasteiger partial charge in [-0.15, -0.1) is 0 Å². The molecular formula is C23H25N3O5. The molecule has 1 unspecified atom stereocenters. The number of aromatic hydroxyl groups is 1. The van der Waals surface area contributed by atoms with Crippen LogP contribution < -0.4 is 21.5 Å². The van der Waals surface area contributed by atoms with Gasteiger partial charge in [0.15, 0.2) is 5.75 Å². The highest BCUT2D eigenvalue weighted by Gasteiger charge is 2.39. The number of aryl methyl sites for hydroxylation is 1. The van der Waals surface area contributed by atoms with Gasteiger partial charge in [0.2, 0.25) is 0 Å². The zero-order chi connectivity index (χ0) is 22.5. The number of nitrogens with one attached hydrogen (secondary N) is 2. The van der Waals surface area contributed by atoms with Gasteiger partial charge in [-0.2, -0.15) is 0 Å². The summed E-state index contributed by atoms with van der Waals surface area (Å²) in [5.74, 6) is 0.217. The quantitative estimate of drug-likeness (QED) is 0.427. The summed E-state index contributed by atoms with van der Waals surface area (Å²) in [6.45, 7) is 4.20. The summed E-state index contributed by atoms with van der Waals surface area (Å²) in [6.07, 6.45) is 3.30. The maximum Gasteiger partial charge on any atom is 0.257 e. The molecule has 162 valence electrons. The lowest BCUT2D eigenvalue weighted by Gasteiger charge is -2.39. The highest BCUT2D eigenvalue weighted by Crippen LogP contribution is 2.46. The van der Waals surface area contributed by atoms with E-state index in [4.69, 9.17) is 4.42 Å². The summed E-state index contributed by atoms with van der Waals surface area (Å²) in [6, 6.07) is 6.30. The number of rotatable bonds is 5. The van der Waals surface area contributed by atoms with E-state index in [0.29, 0.717) is 0 Å². The molecule has 0 aliphatic heterocycles. The van der Waals surface area contributed by atoms with E-state index in [-0.39, 0.29) is 45.7 Å². The van der Waals surface area contributed by atoms with Gasteiger partial charge in [0.1, 0.15) is 17.1 Å². The Kier molecular flexibility index (Phi) is 4.88. The molecule has 0 saturated heterocycles. The highest BCUT2D eigenvalue weighted by atomic mass is 16.3. The summed E-state index contributed by atoms with van der Waals surface area (Å²) in [4.78, 5) is 38.3. The monoisotopic (exact) mass is 423 g/mol. The van der Waals surface area contributed by atoms with Crippen molar-refractivity contribution in [3.63, 3.8) is 0 Å². The fraction of sp³-hybridized carbons (Fsp3) is 0.348. The van der Waals surface area contributed by atoms with E-state index in [1.807, 2.05) is 6.07 Å². The molecule has 0 radical (unpaired) electrons. The molecule has 4 rings (SSSR count). The Morgan fingerprint density at radius 2 is 1.87 bits per heavy atom. The maximum atomic E-state index is 12.4. The van der Waals surface area contributed by atoms with Gasteiger partial charge in [-0.05, 0) is 30.0 Å². The van der Waals surface area contributed by atoms with Crippen LogP contribution in [0.25, 0.3) is 0 Å². The highest BCUT2D eigenvalue weighted by molar-refractivity contribution is 5.99. The number of carbonyl (C=O) groups is 1. The largest absolute Gasteiger partial charge is 0.505 e. The van der Waals surface area contributed by atoms with Gasteiger partial charge in [0.05, 0.1) is 23.6 Å². The van der Waals surface area contributed by atoms with Gasteiger partial charge in [0, 0.05) is 26.1 Å². The minimum atomic E-state index is -0.674. The average molecular weight is 423 g/mol. The van der Waals surface area contributed by atoms with Crippen LogP contribution in [0.1, 0.15) is 48.0 Å². The van der Waals surface area contributed by atoms with Crippen LogP contribution in [-0.2, 0) is 6.42 Å². The number of nitrogens with zero attached hydrogens (tertiary/aromatic N) is 1. The Bertz CT molecular complexity index is 1230. The number of phenols is 1. The molecule has 0 bridgehead atoms. The molecule has 1 atom stereocenters. The molecule has 8 heteroatoms. The average Bonchev–Trinajstić information content (AvgIpc) is 3.20. The standard InChI is InChI=1S/C23H25N3O5/c1-23(2)10-8-15-12(9-11-31-15)21(23)25-17-16(19(28)20(17)29)24-14-7-5-6-13(18(14)27)22(30)26(3)4/h5-7,9,11,21,24-25,27H,8,10H2,1-4H3. The molecule has 0 spiro atoms. The molecule has 3 aromatic rings. The van der Waals surface area contributed by atoms with Gasteiger partial charge < -0.3 is 25.1 Å². The molecule has 2 aromatic carbocycles. The lowest BCUT2D eigenvalue weighted by molar-refractivity contribution is 0.0824. The van der Waals surface area contributed by atoms with Crippen LogP contribution in [0.4, 0.5) is 17.1 Å². The Labute approximate surface area is 179 Å². The molecule has 0 fully saturated rings. The van der Waals surface area contributed by atoms with Crippen molar-refractivity contribution < 1.29 is 14.3 Å². The van der Waals surface area contributed by atoms with E-state index in [1.165, 1.54) is 11.0 Å². The number of carbonyl (C=O) groups excluding carboxylic acids is 1. The smallest absolute Gasteiger partial charge is 0.257 e. The Morgan fingerprint density at radius 1 is 1.16 bits per heavy atom. The van der Waals surface area contributed by atoms with E-state index in [1.54, 1.807) is 32.5 Å². The third kappa shape index (κ3) is 3.37. The second-order valence-corrected chi connectivity index (χ2v) is 8.80.